The fourth-order valence-electron chi connectivity index (χ4n) is 4.93. The first kappa shape index (κ1) is 26.1. The molecule has 2 aliphatic rings. The van der Waals surface area contributed by atoms with Gasteiger partial charge in [0.2, 0.25) is 5.82 Å². The van der Waals surface area contributed by atoms with Gasteiger partial charge in [0.25, 0.3) is 5.89 Å². The van der Waals surface area contributed by atoms with Gasteiger partial charge in [0.1, 0.15) is 18.2 Å². The first-order chi connectivity index (χ1) is 18.4. The molecule has 1 aromatic carbocycles. The number of piperidine rings is 1. The Morgan fingerprint density at radius 1 is 1.18 bits per heavy atom. The molecular weight excluding hydrogens is 491 g/mol. The minimum atomic E-state index is -0.280. The van der Waals surface area contributed by atoms with Crippen molar-refractivity contribution in [3.63, 3.8) is 0 Å². The highest BCUT2D eigenvalue weighted by Crippen LogP contribution is 2.31. The van der Waals surface area contributed by atoms with Gasteiger partial charge in [0.15, 0.2) is 0 Å². The lowest BCUT2D eigenvalue weighted by Gasteiger charge is -2.31. The van der Waals surface area contributed by atoms with E-state index in [-0.39, 0.29) is 42.7 Å². The van der Waals surface area contributed by atoms with Gasteiger partial charge in [-0.2, -0.15) is 4.98 Å². The van der Waals surface area contributed by atoms with Crippen LogP contribution in [-0.2, 0) is 16.1 Å². The molecule has 3 aromatic rings. The molecule has 2 aromatic heterocycles. The molecule has 2 N–H and O–H groups in total. The smallest absolute Gasteiger partial charge is 0.410 e. The summed E-state index contributed by atoms with van der Waals surface area (Å²) >= 11 is 0. The van der Waals surface area contributed by atoms with Crippen LogP contribution in [0.25, 0.3) is 11.4 Å². The number of aromatic nitrogens is 3. The molecule has 2 saturated heterocycles. The lowest BCUT2D eigenvalue weighted by molar-refractivity contribution is -0.0147. The highest BCUT2D eigenvalue weighted by Gasteiger charge is 2.33. The lowest BCUT2D eigenvalue weighted by Crippen LogP contribution is -2.41. The molecule has 1 amide bonds. The molecule has 0 aliphatic carbocycles. The zero-order chi connectivity index (χ0) is 26.6. The SMILES string of the molecule is CC(C)OC(=O)N1CCC(OCc2nc(-c3ccc(N4C[C@@H](N)[C@H](c5ccccc5F)C4)nc3)no2)CC1. The maximum atomic E-state index is 14.3. The molecule has 4 heterocycles. The molecule has 0 saturated carbocycles. The van der Waals surface area contributed by atoms with Crippen LogP contribution in [0.5, 0.6) is 0 Å². The van der Waals surface area contributed by atoms with Gasteiger partial charge < -0.3 is 29.5 Å². The van der Waals surface area contributed by atoms with E-state index < -0.39 is 0 Å². The van der Waals surface area contributed by atoms with Crippen LogP contribution in [-0.4, -0.2) is 70.5 Å². The Hall–Kier alpha value is -3.57. The van der Waals surface area contributed by atoms with Crippen LogP contribution < -0.4 is 10.6 Å². The van der Waals surface area contributed by atoms with E-state index in [0.717, 1.165) is 24.2 Å². The van der Waals surface area contributed by atoms with Gasteiger partial charge in [-0.15, -0.1) is 0 Å². The minimum absolute atomic E-state index is 0.00872. The number of benzene rings is 1. The number of likely N-dealkylation sites (tertiary alicyclic amines) is 1. The number of nitrogens with two attached hydrogens (primary N) is 1. The third-order valence-electron chi connectivity index (χ3n) is 6.95. The van der Waals surface area contributed by atoms with Crippen LogP contribution in [0.4, 0.5) is 15.0 Å². The van der Waals surface area contributed by atoms with Crippen molar-refractivity contribution in [2.24, 2.45) is 5.73 Å². The van der Waals surface area contributed by atoms with Crippen LogP contribution in [0.1, 0.15) is 44.1 Å². The third-order valence-corrected chi connectivity index (χ3v) is 6.95. The average molecular weight is 525 g/mol. The van der Waals surface area contributed by atoms with E-state index in [2.05, 4.69) is 20.0 Å². The number of hydrogen-bond donors (Lipinski definition) is 1. The largest absolute Gasteiger partial charge is 0.447 e. The molecule has 0 unspecified atom stereocenters. The van der Waals surface area contributed by atoms with Gasteiger partial charge in [-0.05, 0) is 50.5 Å². The summed E-state index contributed by atoms with van der Waals surface area (Å²) in [4.78, 5) is 24.8. The first-order valence-corrected chi connectivity index (χ1v) is 13.0. The second kappa shape index (κ2) is 11.4. The Kier molecular flexibility index (Phi) is 7.85. The monoisotopic (exact) mass is 524 g/mol. The van der Waals surface area contributed by atoms with Crippen molar-refractivity contribution in [1.29, 1.82) is 0 Å². The normalized spacial score (nSPS) is 20.3. The van der Waals surface area contributed by atoms with E-state index in [0.29, 0.717) is 43.5 Å². The zero-order valence-corrected chi connectivity index (χ0v) is 21.6. The highest BCUT2D eigenvalue weighted by atomic mass is 19.1. The van der Waals surface area contributed by atoms with Crippen molar-refractivity contribution in [2.75, 3.05) is 31.1 Å². The number of rotatable bonds is 7. The second-order valence-corrected chi connectivity index (χ2v) is 10.0. The van der Waals surface area contributed by atoms with E-state index in [4.69, 9.17) is 19.7 Å². The van der Waals surface area contributed by atoms with Crippen LogP contribution in [0, 0.1) is 5.82 Å². The molecule has 38 heavy (non-hydrogen) atoms. The van der Waals surface area contributed by atoms with Gasteiger partial charge in [0, 0.05) is 49.9 Å². The van der Waals surface area contributed by atoms with Crippen molar-refractivity contribution >= 4 is 11.9 Å². The molecule has 2 fully saturated rings. The van der Waals surface area contributed by atoms with E-state index in [1.165, 1.54) is 6.07 Å². The Labute approximate surface area is 220 Å². The van der Waals surface area contributed by atoms with Crippen LogP contribution >= 0.6 is 0 Å². The zero-order valence-electron chi connectivity index (χ0n) is 21.6. The quantitative estimate of drug-likeness (QED) is 0.493. The summed E-state index contributed by atoms with van der Waals surface area (Å²) in [6, 6.07) is 10.4. The van der Waals surface area contributed by atoms with Gasteiger partial charge in [0.05, 0.1) is 12.2 Å². The molecule has 0 spiro atoms. The van der Waals surface area contributed by atoms with E-state index in [1.807, 2.05) is 32.0 Å². The molecule has 2 aliphatic heterocycles. The van der Waals surface area contributed by atoms with Crippen molar-refractivity contribution < 1.29 is 23.2 Å². The predicted octanol–water partition coefficient (Wildman–Crippen LogP) is 3.73. The number of ether oxygens (including phenoxy) is 2. The Bertz CT molecular complexity index is 1230. The molecule has 11 heteroatoms. The summed E-state index contributed by atoms with van der Waals surface area (Å²) < 4.78 is 30.9. The summed E-state index contributed by atoms with van der Waals surface area (Å²) in [6.07, 6.45) is 2.73. The Morgan fingerprint density at radius 2 is 1.97 bits per heavy atom. The Balaban J connectivity index is 1.13. The summed E-state index contributed by atoms with van der Waals surface area (Å²) in [6.45, 7) is 6.24. The van der Waals surface area contributed by atoms with Crippen LogP contribution in [0.3, 0.4) is 0 Å². The van der Waals surface area contributed by atoms with Gasteiger partial charge in [-0.25, -0.2) is 14.2 Å². The highest BCUT2D eigenvalue weighted by molar-refractivity contribution is 5.67. The number of halogens is 1. The van der Waals surface area contributed by atoms with Gasteiger partial charge in [-0.1, -0.05) is 23.4 Å². The third kappa shape index (κ3) is 5.94. The number of carbonyl (C=O) groups is 1. The number of hydrogen-bond acceptors (Lipinski definition) is 9. The fourth-order valence-corrected chi connectivity index (χ4v) is 4.93. The summed E-state index contributed by atoms with van der Waals surface area (Å²) in [7, 11) is 0. The van der Waals surface area contributed by atoms with Crippen LogP contribution in [0.2, 0.25) is 0 Å². The number of pyridine rings is 1. The maximum absolute atomic E-state index is 14.3. The Morgan fingerprint density at radius 3 is 2.68 bits per heavy atom. The fraction of sp³-hybridized carbons (Fsp3) is 0.481. The van der Waals surface area contributed by atoms with Crippen molar-refractivity contribution in [3.8, 4) is 11.4 Å². The molecule has 202 valence electrons. The molecule has 0 radical (unpaired) electrons. The van der Waals surface area contributed by atoms with Crippen molar-refractivity contribution in [3.05, 3.63) is 59.9 Å². The van der Waals surface area contributed by atoms with Crippen molar-refractivity contribution in [2.45, 2.75) is 57.5 Å². The first-order valence-electron chi connectivity index (χ1n) is 13.0. The molecule has 0 bridgehead atoms. The number of amides is 1. The average Bonchev–Trinajstić information content (AvgIpc) is 3.55. The van der Waals surface area contributed by atoms with E-state index in [1.54, 1.807) is 23.2 Å². The summed E-state index contributed by atoms with van der Waals surface area (Å²) in [5, 5.41) is 4.06. The molecule has 10 nitrogen and oxygen atoms in total. The molecule has 2 atom stereocenters. The number of nitrogens with zero attached hydrogens (tertiary/aromatic N) is 5. The van der Waals surface area contributed by atoms with Gasteiger partial charge in [-0.3, -0.25) is 0 Å². The summed E-state index contributed by atoms with van der Waals surface area (Å²) in [5.74, 6) is 1.24. The van der Waals surface area contributed by atoms with Gasteiger partial charge >= 0.3 is 6.09 Å². The molecular formula is C27H33FN6O4. The minimum Gasteiger partial charge on any atom is -0.447 e. The van der Waals surface area contributed by atoms with Crippen LogP contribution in [0.15, 0.2) is 47.1 Å². The maximum Gasteiger partial charge on any atom is 0.410 e. The van der Waals surface area contributed by atoms with E-state index in [9.17, 15) is 9.18 Å². The number of carbonyl (C=O) groups excluding carboxylic acids is 1. The topological polar surface area (TPSA) is 120 Å². The summed E-state index contributed by atoms with van der Waals surface area (Å²) in [5.41, 5.74) is 7.70. The predicted molar refractivity (Wildman–Crippen MR) is 138 cm³/mol. The van der Waals surface area contributed by atoms with E-state index >= 15 is 0 Å². The number of anilines is 1. The van der Waals surface area contributed by atoms with Crippen molar-refractivity contribution in [1.82, 2.24) is 20.0 Å². The standard InChI is InChI=1S/C27H33FN6O4/c1-17(2)37-27(35)33-11-9-19(10-12-33)36-16-25-31-26(32-38-25)18-7-8-24(30-13-18)34-14-21(23(29)15-34)20-5-3-4-6-22(20)28/h3-8,13,17,19,21,23H,9-12,14-16,29H2,1-2H3/t21-,23+/m0/s1. The lowest BCUT2D eigenvalue weighted by atomic mass is 9.94. The molecule has 5 rings (SSSR count). The second-order valence-electron chi connectivity index (χ2n) is 10.0.